The summed E-state index contributed by atoms with van der Waals surface area (Å²) in [5, 5.41) is 3.08. The highest BCUT2D eigenvalue weighted by atomic mass is 16.5. The molecule has 0 saturated heterocycles. The van der Waals surface area contributed by atoms with Crippen molar-refractivity contribution in [1.82, 2.24) is 5.32 Å². The predicted molar refractivity (Wildman–Crippen MR) is 56.0 cm³/mol. The van der Waals surface area contributed by atoms with Crippen LogP contribution >= 0.6 is 0 Å². The summed E-state index contributed by atoms with van der Waals surface area (Å²) in [6.07, 6.45) is 3.25. The molecule has 1 aromatic rings. The summed E-state index contributed by atoms with van der Waals surface area (Å²) in [6, 6.07) is 7.42. The topological polar surface area (TPSA) is 38.3 Å². The minimum Gasteiger partial charge on any atom is -0.490 e. The number of ether oxygens (including phenoxy) is 1. The van der Waals surface area contributed by atoms with Gasteiger partial charge in [0, 0.05) is 0 Å². The van der Waals surface area contributed by atoms with Crippen LogP contribution in [-0.2, 0) is 0 Å². The molecule has 1 aliphatic heterocycles. The van der Waals surface area contributed by atoms with Crippen molar-refractivity contribution in [2.75, 3.05) is 6.61 Å². The molecule has 1 aliphatic carbocycles. The SMILES string of the molecule is O=C1NC2(CCC2)COc2ccccc21. The van der Waals surface area contributed by atoms with Crippen LogP contribution in [0.15, 0.2) is 24.3 Å². The quantitative estimate of drug-likeness (QED) is 0.697. The zero-order valence-electron chi connectivity index (χ0n) is 8.45. The van der Waals surface area contributed by atoms with Gasteiger partial charge in [-0.15, -0.1) is 0 Å². The van der Waals surface area contributed by atoms with E-state index in [2.05, 4.69) is 5.32 Å². The maximum absolute atomic E-state index is 11.9. The van der Waals surface area contributed by atoms with Crippen LogP contribution in [-0.4, -0.2) is 18.1 Å². The van der Waals surface area contributed by atoms with E-state index < -0.39 is 0 Å². The van der Waals surface area contributed by atoms with Gasteiger partial charge < -0.3 is 10.1 Å². The lowest BCUT2D eigenvalue weighted by Gasteiger charge is -2.40. The fourth-order valence-corrected chi connectivity index (χ4v) is 2.21. The maximum atomic E-state index is 11.9. The Hall–Kier alpha value is -1.51. The summed E-state index contributed by atoms with van der Waals surface area (Å²) in [7, 11) is 0. The van der Waals surface area contributed by atoms with Crippen molar-refractivity contribution in [1.29, 1.82) is 0 Å². The third-order valence-electron chi connectivity index (χ3n) is 3.33. The van der Waals surface area contributed by atoms with Crippen molar-refractivity contribution in [2.24, 2.45) is 0 Å². The number of para-hydroxylation sites is 1. The van der Waals surface area contributed by atoms with Crippen molar-refractivity contribution in [3.05, 3.63) is 29.8 Å². The van der Waals surface area contributed by atoms with Crippen molar-refractivity contribution >= 4 is 5.91 Å². The van der Waals surface area contributed by atoms with Gasteiger partial charge in [-0.05, 0) is 31.4 Å². The number of carbonyl (C=O) groups is 1. The minimum atomic E-state index is -0.0872. The Kier molecular flexibility index (Phi) is 1.75. The van der Waals surface area contributed by atoms with Crippen LogP contribution in [0.1, 0.15) is 29.6 Å². The van der Waals surface area contributed by atoms with Crippen LogP contribution in [0, 0.1) is 0 Å². The Morgan fingerprint density at radius 1 is 1.27 bits per heavy atom. The number of fused-ring (bicyclic) bond motifs is 1. The highest BCUT2D eigenvalue weighted by molar-refractivity contribution is 5.97. The third-order valence-corrected chi connectivity index (χ3v) is 3.33. The lowest BCUT2D eigenvalue weighted by atomic mass is 9.77. The van der Waals surface area contributed by atoms with E-state index in [-0.39, 0.29) is 11.4 Å². The normalized spacial score (nSPS) is 22.0. The van der Waals surface area contributed by atoms with Crippen LogP contribution in [0.5, 0.6) is 5.75 Å². The van der Waals surface area contributed by atoms with Gasteiger partial charge in [-0.3, -0.25) is 4.79 Å². The van der Waals surface area contributed by atoms with E-state index in [1.54, 1.807) is 0 Å². The molecule has 3 nitrogen and oxygen atoms in total. The van der Waals surface area contributed by atoms with Crippen molar-refractivity contribution in [3.8, 4) is 5.75 Å². The molecule has 0 unspecified atom stereocenters. The lowest BCUT2D eigenvalue weighted by molar-refractivity contribution is 0.0754. The predicted octanol–water partition coefficient (Wildman–Crippen LogP) is 1.73. The maximum Gasteiger partial charge on any atom is 0.255 e. The number of amides is 1. The first kappa shape index (κ1) is 8.77. The molecule has 3 heteroatoms. The third kappa shape index (κ3) is 1.30. The molecular formula is C12H13NO2. The summed E-state index contributed by atoms with van der Waals surface area (Å²) in [5.74, 6) is 0.710. The fraction of sp³-hybridized carbons (Fsp3) is 0.417. The van der Waals surface area contributed by atoms with E-state index in [0.717, 1.165) is 12.8 Å². The number of rotatable bonds is 0. The second-order valence-electron chi connectivity index (χ2n) is 4.37. The van der Waals surface area contributed by atoms with Crippen molar-refractivity contribution < 1.29 is 9.53 Å². The summed E-state index contributed by atoms with van der Waals surface area (Å²) in [4.78, 5) is 11.9. The zero-order valence-corrected chi connectivity index (χ0v) is 8.45. The summed E-state index contributed by atoms with van der Waals surface area (Å²) in [6.45, 7) is 0.607. The Bertz CT molecular complexity index is 410. The molecule has 1 saturated carbocycles. The summed E-state index contributed by atoms with van der Waals surface area (Å²) in [5.41, 5.74) is 0.567. The Balaban J connectivity index is 1.97. The average Bonchev–Trinajstić information content (AvgIpc) is 2.36. The standard InChI is InChI=1S/C12H13NO2/c14-11-9-4-1-2-5-10(9)15-8-12(13-11)6-3-7-12/h1-2,4-5H,3,6-8H2,(H,13,14). The van der Waals surface area contributed by atoms with Crippen LogP contribution in [0.25, 0.3) is 0 Å². The monoisotopic (exact) mass is 203 g/mol. The molecule has 0 bridgehead atoms. The Morgan fingerprint density at radius 2 is 2.07 bits per heavy atom. The van der Waals surface area contributed by atoms with Gasteiger partial charge in [0.2, 0.25) is 0 Å². The minimum absolute atomic E-state index is 0.00259. The molecule has 1 amide bonds. The molecule has 15 heavy (non-hydrogen) atoms. The average molecular weight is 203 g/mol. The van der Waals surface area contributed by atoms with Gasteiger partial charge in [0.05, 0.1) is 11.1 Å². The number of hydrogen-bond acceptors (Lipinski definition) is 2. The molecule has 1 fully saturated rings. The van der Waals surface area contributed by atoms with Crippen LogP contribution in [0.4, 0.5) is 0 Å². The molecule has 0 aromatic heterocycles. The molecule has 78 valence electrons. The van der Waals surface area contributed by atoms with Gasteiger partial charge in [0.1, 0.15) is 12.4 Å². The molecule has 2 aliphatic rings. The zero-order chi connectivity index (χ0) is 10.3. The van der Waals surface area contributed by atoms with Crippen LogP contribution < -0.4 is 10.1 Å². The van der Waals surface area contributed by atoms with Gasteiger partial charge in [-0.2, -0.15) is 0 Å². The summed E-state index contributed by atoms with van der Waals surface area (Å²) < 4.78 is 5.69. The number of carbonyl (C=O) groups excluding carboxylic acids is 1. The second-order valence-corrected chi connectivity index (χ2v) is 4.37. The van der Waals surface area contributed by atoms with Crippen molar-refractivity contribution in [3.63, 3.8) is 0 Å². The van der Waals surface area contributed by atoms with Gasteiger partial charge >= 0.3 is 0 Å². The van der Waals surface area contributed by atoms with E-state index in [0.29, 0.717) is 17.9 Å². The Morgan fingerprint density at radius 3 is 2.80 bits per heavy atom. The molecule has 1 heterocycles. The molecule has 1 N–H and O–H groups in total. The van der Waals surface area contributed by atoms with Crippen LogP contribution in [0.2, 0.25) is 0 Å². The highest BCUT2D eigenvalue weighted by Crippen LogP contribution is 2.35. The van der Waals surface area contributed by atoms with E-state index in [1.165, 1.54) is 6.42 Å². The van der Waals surface area contributed by atoms with E-state index in [1.807, 2.05) is 24.3 Å². The summed E-state index contributed by atoms with van der Waals surface area (Å²) >= 11 is 0. The van der Waals surface area contributed by atoms with Gasteiger partial charge in [-0.25, -0.2) is 0 Å². The van der Waals surface area contributed by atoms with Gasteiger partial charge in [-0.1, -0.05) is 12.1 Å². The Labute approximate surface area is 88.4 Å². The largest absolute Gasteiger partial charge is 0.490 e. The first-order valence-corrected chi connectivity index (χ1v) is 5.33. The highest BCUT2D eigenvalue weighted by Gasteiger charge is 2.41. The van der Waals surface area contributed by atoms with E-state index >= 15 is 0 Å². The van der Waals surface area contributed by atoms with E-state index in [4.69, 9.17) is 4.74 Å². The molecule has 1 spiro atoms. The number of hydrogen-bond donors (Lipinski definition) is 1. The smallest absolute Gasteiger partial charge is 0.255 e. The van der Waals surface area contributed by atoms with Gasteiger partial charge in [0.15, 0.2) is 0 Å². The molecule has 0 radical (unpaired) electrons. The molecule has 3 rings (SSSR count). The van der Waals surface area contributed by atoms with E-state index in [9.17, 15) is 4.79 Å². The molecular weight excluding hydrogens is 190 g/mol. The first-order chi connectivity index (χ1) is 7.29. The van der Waals surface area contributed by atoms with Gasteiger partial charge in [0.25, 0.3) is 5.91 Å². The number of benzene rings is 1. The first-order valence-electron chi connectivity index (χ1n) is 5.33. The number of nitrogens with one attached hydrogen (secondary N) is 1. The van der Waals surface area contributed by atoms with Crippen LogP contribution in [0.3, 0.4) is 0 Å². The fourth-order valence-electron chi connectivity index (χ4n) is 2.21. The van der Waals surface area contributed by atoms with Crippen molar-refractivity contribution in [2.45, 2.75) is 24.8 Å². The lowest BCUT2D eigenvalue weighted by Crippen LogP contribution is -2.56. The second kappa shape index (κ2) is 2.99. The molecule has 1 aromatic carbocycles. The molecule has 0 atom stereocenters.